The van der Waals surface area contributed by atoms with Crippen LogP contribution in [0.3, 0.4) is 0 Å². The van der Waals surface area contributed by atoms with Crippen molar-refractivity contribution >= 4 is 29.0 Å². The predicted molar refractivity (Wildman–Crippen MR) is 101 cm³/mol. The van der Waals surface area contributed by atoms with Gasteiger partial charge >= 0.3 is 6.18 Å². The number of anilines is 2. The molecule has 7 heteroatoms. The summed E-state index contributed by atoms with van der Waals surface area (Å²) in [6, 6.07) is 17.7. The van der Waals surface area contributed by atoms with Gasteiger partial charge in [0.15, 0.2) is 0 Å². The molecule has 0 aliphatic carbocycles. The first-order valence-electron chi connectivity index (χ1n) is 8.36. The number of para-hydroxylation sites is 2. The predicted octanol–water partition coefficient (Wildman–Crippen LogP) is 6.16. The third-order valence-corrected chi connectivity index (χ3v) is 5.53. The van der Waals surface area contributed by atoms with Crippen LogP contribution < -0.4 is 9.64 Å². The largest absolute Gasteiger partial charge is 0.497 e. The molecular weight excluding hydrogens is 387 g/mol. The highest BCUT2D eigenvalue weighted by atomic mass is 32.2. The zero-order valence-electron chi connectivity index (χ0n) is 14.7. The van der Waals surface area contributed by atoms with Gasteiger partial charge in [0, 0.05) is 9.79 Å². The summed E-state index contributed by atoms with van der Waals surface area (Å²) in [5.74, 6) is -0.700. The van der Waals surface area contributed by atoms with Crippen molar-refractivity contribution in [1.82, 2.24) is 0 Å². The molecule has 0 atom stereocenters. The Bertz CT molecular complexity index is 1020. The van der Waals surface area contributed by atoms with Crippen molar-refractivity contribution in [1.29, 1.82) is 0 Å². The van der Waals surface area contributed by atoms with Crippen LogP contribution in [0.4, 0.5) is 24.5 Å². The van der Waals surface area contributed by atoms with E-state index in [4.69, 9.17) is 4.74 Å². The Hall–Kier alpha value is -2.93. The van der Waals surface area contributed by atoms with Gasteiger partial charge in [0.05, 0.1) is 29.6 Å². The van der Waals surface area contributed by atoms with Gasteiger partial charge in [-0.2, -0.15) is 13.2 Å². The molecule has 3 aromatic carbocycles. The average molecular weight is 401 g/mol. The number of halogens is 3. The van der Waals surface area contributed by atoms with Crippen LogP contribution in [0.5, 0.6) is 5.75 Å². The van der Waals surface area contributed by atoms with E-state index in [0.717, 1.165) is 21.9 Å². The summed E-state index contributed by atoms with van der Waals surface area (Å²) < 4.78 is 45.9. The summed E-state index contributed by atoms with van der Waals surface area (Å²) in [6.07, 6.45) is -4.69. The van der Waals surface area contributed by atoms with Crippen molar-refractivity contribution in [3.05, 3.63) is 77.9 Å². The van der Waals surface area contributed by atoms with Crippen LogP contribution in [-0.4, -0.2) is 13.0 Å². The number of hydrogen-bond donors (Lipinski definition) is 0. The molecule has 1 amide bonds. The lowest BCUT2D eigenvalue weighted by atomic mass is 10.0. The summed E-state index contributed by atoms with van der Waals surface area (Å²) in [5.41, 5.74) is -0.338. The van der Waals surface area contributed by atoms with Gasteiger partial charge in [-0.1, -0.05) is 36.0 Å². The molecule has 3 nitrogen and oxygen atoms in total. The fourth-order valence-electron chi connectivity index (χ4n) is 3.12. The second kappa shape index (κ2) is 6.91. The summed E-state index contributed by atoms with van der Waals surface area (Å²) in [6.45, 7) is 0. The van der Waals surface area contributed by atoms with Gasteiger partial charge < -0.3 is 4.74 Å². The van der Waals surface area contributed by atoms with Crippen molar-refractivity contribution in [3.8, 4) is 5.75 Å². The molecular formula is C21H14F3NO2S. The maximum Gasteiger partial charge on any atom is 0.417 e. The molecule has 0 spiro atoms. The van der Waals surface area contributed by atoms with Gasteiger partial charge in [-0.15, -0.1) is 0 Å². The number of alkyl halides is 3. The highest BCUT2D eigenvalue weighted by molar-refractivity contribution is 7.99. The summed E-state index contributed by atoms with van der Waals surface area (Å²) >= 11 is 1.48. The number of carbonyl (C=O) groups is 1. The van der Waals surface area contributed by atoms with Crippen molar-refractivity contribution in [2.24, 2.45) is 0 Å². The number of carbonyl (C=O) groups excluding carboxylic acids is 1. The molecule has 1 aliphatic rings. The Morgan fingerprint density at radius 2 is 1.50 bits per heavy atom. The number of hydrogen-bond acceptors (Lipinski definition) is 3. The molecule has 3 aromatic rings. The van der Waals surface area contributed by atoms with Crippen LogP contribution in [0.1, 0.15) is 15.9 Å². The van der Waals surface area contributed by atoms with E-state index < -0.39 is 23.2 Å². The maximum atomic E-state index is 13.7. The third-order valence-electron chi connectivity index (χ3n) is 4.40. The van der Waals surface area contributed by atoms with Crippen molar-refractivity contribution < 1.29 is 22.7 Å². The molecule has 0 radical (unpaired) electrons. The van der Waals surface area contributed by atoms with Gasteiger partial charge in [0.25, 0.3) is 5.91 Å². The summed E-state index contributed by atoms with van der Waals surface area (Å²) in [5, 5.41) is 0. The summed E-state index contributed by atoms with van der Waals surface area (Å²) in [4.78, 5) is 16.3. The lowest BCUT2D eigenvalue weighted by Gasteiger charge is -2.31. The van der Waals surface area contributed by atoms with Crippen LogP contribution in [0.15, 0.2) is 76.5 Å². The van der Waals surface area contributed by atoms with E-state index >= 15 is 0 Å². The summed E-state index contributed by atoms with van der Waals surface area (Å²) in [7, 11) is 1.28. The number of methoxy groups -OCH3 is 1. The molecule has 142 valence electrons. The van der Waals surface area contributed by atoms with Crippen molar-refractivity contribution in [3.63, 3.8) is 0 Å². The SMILES string of the molecule is COc1ccc(C(=O)N2c3ccccc3Sc3ccccc32)c(C(F)(F)F)c1. The van der Waals surface area contributed by atoms with E-state index in [0.29, 0.717) is 11.4 Å². The first-order chi connectivity index (χ1) is 13.4. The zero-order chi connectivity index (χ0) is 19.9. The number of nitrogens with zero attached hydrogens (tertiary/aromatic N) is 1. The number of benzene rings is 3. The van der Waals surface area contributed by atoms with Gasteiger partial charge in [0.1, 0.15) is 5.75 Å². The quantitative estimate of drug-likeness (QED) is 0.515. The molecule has 0 bridgehead atoms. The average Bonchev–Trinajstić information content (AvgIpc) is 2.70. The molecule has 0 N–H and O–H groups in total. The molecule has 0 unspecified atom stereocenters. The lowest BCUT2D eigenvalue weighted by Crippen LogP contribution is -2.30. The minimum Gasteiger partial charge on any atom is -0.497 e. The Kier molecular flexibility index (Phi) is 4.55. The molecule has 0 saturated heterocycles. The first kappa shape index (κ1) is 18.4. The normalized spacial score (nSPS) is 12.9. The van der Waals surface area contributed by atoms with Crippen LogP contribution in [0.2, 0.25) is 0 Å². The highest BCUT2D eigenvalue weighted by Gasteiger charge is 2.38. The first-order valence-corrected chi connectivity index (χ1v) is 9.17. The highest BCUT2D eigenvalue weighted by Crippen LogP contribution is 2.49. The molecule has 0 saturated carbocycles. The third kappa shape index (κ3) is 3.11. The molecule has 1 aliphatic heterocycles. The van der Waals surface area contributed by atoms with Gasteiger partial charge in [-0.3, -0.25) is 9.69 Å². The minimum atomic E-state index is -4.69. The van der Waals surface area contributed by atoms with Gasteiger partial charge in [-0.05, 0) is 42.5 Å². The molecule has 28 heavy (non-hydrogen) atoms. The van der Waals surface area contributed by atoms with E-state index in [2.05, 4.69) is 0 Å². The maximum absolute atomic E-state index is 13.7. The second-order valence-electron chi connectivity index (χ2n) is 6.09. The molecule has 1 heterocycles. The second-order valence-corrected chi connectivity index (χ2v) is 7.17. The zero-order valence-corrected chi connectivity index (χ0v) is 15.5. The minimum absolute atomic E-state index is 0.0406. The van der Waals surface area contributed by atoms with E-state index in [9.17, 15) is 18.0 Å². The Morgan fingerprint density at radius 1 is 0.929 bits per heavy atom. The van der Waals surface area contributed by atoms with Crippen LogP contribution in [-0.2, 0) is 6.18 Å². The van der Waals surface area contributed by atoms with Crippen molar-refractivity contribution in [2.75, 3.05) is 12.0 Å². The van der Waals surface area contributed by atoms with E-state index in [1.165, 1.54) is 29.8 Å². The van der Waals surface area contributed by atoms with Gasteiger partial charge in [-0.25, -0.2) is 0 Å². The van der Waals surface area contributed by atoms with Crippen LogP contribution >= 0.6 is 11.8 Å². The fourth-order valence-corrected chi connectivity index (χ4v) is 4.17. The van der Waals surface area contributed by atoms with Crippen LogP contribution in [0, 0.1) is 0 Å². The Labute approximate surface area is 163 Å². The van der Waals surface area contributed by atoms with E-state index in [1.807, 2.05) is 24.3 Å². The van der Waals surface area contributed by atoms with E-state index in [-0.39, 0.29) is 5.75 Å². The standard InChI is InChI=1S/C21H14F3NO2S/c1-27-13-10-11-14(15(12-13)21(22,23)24)20(26)25-16-6-2-4-8-18(16)28-19-9-5-3-7-17(19)25/h2-12H,1H3. The fraction of sp³-hybridized carbons (Fsp3) is 0.0952. The number of rotatable bonds is 2. The van der Waals surface area contributed by atoms with Crippen molar-refractivity contribution in [2.45, 2.75) is 16.0 Å². The van der Waals surface area contributed by atoms with Crippen LogP contribution in [0.25, 0.3) is 0 Å². The van der Waals surface area contributed by atoms with Gasteiger partial charge in [0.2, 0.25) is 0 Å². The molecule has 0 aromatic heterocycles. The number of ether oxygens (including phenoxy) is 1. The Morgan fingerprint density at radius 3 is 2.04 bits per heavy atom. The Balaban J connectivity index is 1.90. The topological polar surface area (TPSA) is 29.5 Å². The number of amides is 1. The monoisotopic (exact) mass is 401 g/mol. The number of fused-ring (bicyclic) bond motifs is 2. The molecule has 4 rings (SSSR count). The molecule has 0 fully saturated rings. The lowest BCUT2D eigenvalue weighted by molar-refractivity contribution is -0.138. The smallest absolute Gasteiger partial charge is 0.417 e. The van der Waals surface area contributed by atoms with E-state index in [1.54, 1.807) is 24.3 Å².